The molecule has 1 atom stereocenters. The first-order valence-electron chi connectivity index (χ1n) is 12.9. The van der Waals surface area contributed by atoms with Crippen molar-refractivity contribution in [2.75, 3.05) is 24.5 Å². The van der Waals surface area contributed by atoms with Gasteiger partial charge in [-0.15, -0.1) is 0 Å². The second kappa shape index (κ2) is 10.6. The summed E-state index contributed by atoms with van der Waals surface area (Å²) in [6.45, 7) is 10.9. The van der Waals surface area contributed by atoms with Crippen LogP contribution in [-0.4, -0.2) is 51.0 Å². The average Bonchev–Trinajstić information content (AvgIpc) is 2.92. The third kappa shape index (κ3) is 4.81. The van der Waals surface area contributed by atoms with E-state index in [2.05, 4.69) is 11.6 Å². The molecule has 0 radical (unpaired) electrons. The molecule has 1 amide bonds. The zero-order chi connectivity index (χ0) is 27.8. The van der Waals surface area contributed by atoms with Crippen LogP contribution in [0, 0.1) is 5.82 Å². The fourth-order valence-electron chi connectivity index (χ4n) is 5.16. The number of hydrogen-bond acceptors (Lipinski definition) is 5. The second-order valence-electron chi connectivity index (χ2n) is 9.97. The standard InChI is InChI=1S/C30H29ClFN5O2/c1-5-26(38)35-14-15-36(19(4)17-35)28-22-16-24(32)27(21-11-6-8-12-23(21)31)33-29(22)37(30(39)34-28)25-13-9-7-10-20(25)18(2)3/h5-13,16,18-19H,1,14-15,17H2,2-4H3/t19-/m0/s1. The molecule has 2 aromatic heterocycles. The number of halogens is 2. The molecule has 200 valence electrons. The minimum atomic E-state index is -0.575. The van der Waals surface area contributed by atoms with E-state index < -0.39 is 11.5 Å². The van der Waals surface area contributed by atoms with Gasteiger partial charge in [-0.1, -0.05) is 68.4 Å². The summed E-state index contributed by atoms with van der Waals surface area (Å²) in [6, 6.07) is 15.7. The van der Waals surface area contributed by atoms with E-state index in [-0.39, 0.29) is 29.2 Å². The molecule has 0 unspecified atom stereocenters. The van der Waals surface area contributed by atoms with Gasteiger partial charge in [-0.2, -0.15) is 4.98 Å². The first-order valence-corrected chi connectivity index (χ1v) is 13.2. The summed E-state index contributed by atoms with van der Waals surface area (Å²) in [6.07, 6.45) is 1.29. The number of carbonyl (C=O) groups is 1. The molecular weight excluding hydrogens is 517 g/mol. The van der Waals surface area contributed by atoms with Crippen LogP contribution in [0.5, 0.6) is 0 Å². The molecule has 0 bridgehead atoms. The lowest BCUT2D eigenvalue weighted by Crippen LogP contribution is -2.54. The topological polar surface area (TPSA) is 71.3 Å². The zero-order valence-corrected chi connectivity index (χ0v) is 22.8. The summed E-state index contributed by atoms with van der Waals surface area (Å²) in [5.41, 5.74) is 1.82. The van der Waals surface area contributed by atoms with Crippen molar-refractivity contribution >= 4 is 34.4 Å². The molecule has 1 fully saturated rings. The number of pyridine rings is 1. The van der Waals surface area contributed by atoms with Crippen molar-refractivity contribution in [3.05, 3.63) is 94.1 Å². The van der Waals surface area contributed by atoms with Gasteiger partial charge in [-0.3, -0.25) is 4.79 Å². The van der Waals surface area contributed by atoms with Gasteiger partial charge in [0.15, 0.2) is 5.65 Å². The lowest BCUT2D eigenvalue weighted by Gasteiger charge is -2.40. The van der Waals surface area contributed by atoms with Gasteiger partial charge in [0.2, 0.25) is 5.91 Å². The monoisotopic (exact) mass is 545 g/mol. The van der Waals surface area contributed by atoms with Crippen molar-refractivity contribution in [1.29, 1.82) is 0 Å². The third-order valence-corrected chi connectivity index (χ3v) is 7.45. The Hall–Kier alpha value is -4.04. The smallest absolute Gasteiger partial charge is 0.350 e. The fraction of sp³-hybridized carbons (Fsp3) is 0.267. The van der Waals surface area contributed by atoms with E-state index in [4.69, 9.17) is 16.6 Å². The number of fused-ring (bicyclic) bond motifs is 1. The van der Waals surface area contributed by atoms with E-state index in [0.717, 1.165) is 5.56 Å². The predicted molar refractivity (Wildman–Crippen MR) is 153 cm³/mol. The van der Waals surface area contributed by atoms with E-state index >= 15 is 4.39 Å². The number of piperazine rings is 1. The SMILES string of the molecule is C=CC(=O)N1CCN(c2nc(=O)n(-c3ccccc3C(C)C)c3nc(-c4ccccc4Cl)c(F)cc23)[C@@H](C)C1. The highest BCUT2D eigenvalue weighted by Gasteiger charge is 2.30. The van der Waals surface area contributed by atoms with E-state index in [1.54, 1.807) is 29.2 Å². The molecular formula is C30H29ClFN5O2. The summed E-state index contributed by atoms with van der Waals surface area (Å²) in [5.74, 6) is -0.281. The molecule has 3 heterocycles. The number of aromatic nitrogens is 3. The molecule has 0 aliphatic carbocycles. The first kappa shape index (κ1) is 26.6. The number of rotatable bonds is 5. The Morgan fingerprint density at radius 3 is 2.54 bits per heavy atom. The predicted octanol–water partition coefficient (Wildman–Crippen LogP) is 5.59. The van der Waals surface area contributed by atoms with Gasteiger partial charge in [-0.25, -0.2) is 18.7 Å². The molecule has 0 N–H and O–H groups in total. The van der Waals surface area contributed by atoms with Gasteiger partial charge in [0.05, 0.1) is 16.1 Å². The van der Waals surface area contributed by atoms with E-state index in [1.807, 2.05) is 49.9 Å². The van der Waals surface area contributed by atoms with Crippen LogP contribution >= 0.6 is 11.6 Å². The molecule has 0 spiro atoms. The van der Waals surface area contributed by atoms with Crippen LogP contribution in [0.3, 0.4) is 0 Å². The maximum absolute atomic E-state index is 15.8. The Balaban J connectivity index is 1.78. The number of para-hydroxylation sites is 1. The van der Waals surface area contributed by atoms with Crippen molar-refractivity contribution < 1.29 is 9.18 Å². The number of amides is 1. The van der Waals surface area contributed by atoms with Gasteiger partial charge < -0.3 is 9.80 Å². The molecule has 0 saturated carbocycles. The summed E-state index contributed by atoms with van der Waals surface area (Å²) < 4.78 is 17.2. The van der Waals surface area contributed by atoms with E-state index in [0.29, 0.717) is 47.1 Å². The van der Waals surface area contributed by atoms with Crippen LogP contribution in [0.25, 0.3) is 28.0 Å². The van der Waals surface area contributed by atoms with Crippen molar-refractivity contribution in [1.82, 2.24) is 19.4 Å². The molecule has 9 heteroatoms. The Kier molecular flexibility index (Phi) is 7.23. The highest BCUT2D eigenvalue weighted by atomic mass is 35.5. The van der Waals surface area contributed by atoms with Gasteiger partial charge in [0.1, 0.15) is 17.3 Å². The number of benzene rings is 2. The number of nitrogens with zero attached hydrogens (tertiary/aromatic N) is 5. The van der Waals surface area contributed by atoms with Gasteiger partial charge in [0, 0.05) is 31.2 Å². The number of hydrogen-bond donors (Lipinski definition) is 0. The second-order valence-corrected chi connectivity index (χ2v) is 10.4. The Morgan fingerprint density at radius 1 is 1.13 bits per heavy atom. The molecule has 1 aliphatic rings. The van der Waals surface area contributed by atoms with Crippen molar-refractivity contribution in [3.8, 4) is 16.9 Å². The lowest BCUT2D eigenvalue weighted by atomic mass is 10.0. The summed E-state index contributed by atoms with van der Waals surface area (Å²) in [4.78, 5) is 38.8. The molecule has 39 heavy (non-hydrogen) atoms. The quantitative estimate of drug-likeness (QED) is 0.306. The number of anilines is 1. The highest BCUT2D eigenvalue weighted by Crippen LogP contribution is 2.34. The molecule has 2 aromatic carbocycles. The minimum absolute atomic E-state index is 0.0508. The molecule has 1 saturated heterocycles. The van der Waals surface area contributed by atoms with Crippen molar-refractivity contribution in [2.45, 2.75) is 32.7 Å². The molecule has 1 aliphatic heterocycles. The maximum atomic E-state index is 15.8. The van der Waals surface area contributed by atoms with Crippen LogP contribution < -0.4 is 10.6 Å². The van der Waals surface area contributed by atoms with E-state index in [1.165, 1.54) is 16.7 Å². The zero-order valence-electron chi connectivity index (χ0n) is 22.1. The van der Waals surface area contributed by atoms with Crippen LogP contribution in [0.4, 0.5) is 10.2 Å². The van der Waals surface area contributed by atoms with Crippen LogP contribution in [-0.2, 0) is 4.79 Å². The largest absolute Gasteiger partial charge is 0.355 e. The normalized spacial score (nSPS) is 15.7. The lowest BCUT2D eigenvalue weighted by molar-refractivity contribution is -0.126. The van der Waals surface area contributed by atoms with Crippen molar-refractivity contribution in [3.63, 3.8) is 0 Å². The molecule has 7 nitrogen and oxygen atoms in total. The van der Waals surface area contributed by atoms with Gasteiger partial charge >= 0.3 is 5.69 Å². The van der Waals surface area contributed by atoms with Gasteiger partial charge in [-0.05, 0) is 42.7 Å². The minimum Gasteiger partial charge on any atom is -0.350 e. The highest BCUT2D eigenvalue weighted by molar-refractivity contribution is 6.33. The Morgan fingerprint density at radius 2 is 1.85 bits per heavy atom. The van der Waals surface area contributed by atoms with Crippen LogP contribution in [0.2, 0.25) is 5.02 Å². The molecule has 5 rings (SSSR count). The first-order chi connectivity index (χ1) is 18.7. The maximum Gasteiger partial charge on any atom is 0.355 e. The summed E-state index contributed by atoms with van der Waals surface area (Å²) in [7, 11) is 0. The number of carbonyl (C=O) groups excluding carboxylic acids is 1. The average molecular weight is 546 g/mol. The van der Waals surface area contributed by atoms with E-state index in [9.17, 15) is 9.59 Å². The fourth-order valence-corrected chi connectivity index (χ4v) is 5.39. The Labute approximate surface area is 231 Å². The van der Waals surface area contributed by atoms with Crippen molar-refractivity contribution in [2.24, 2.45) is 0 Å². The van der Waals surface area contributed by atoms with Crippen LogP contribution in [0.15, 0.2) is 72.0 Å². The summed E-state index contributed by atoms with van der Waals surface area (Å²) >= 11 is 6.43. The Bertz CT molecular complexity index is 1650. The van der Waals surface area contributed by atoms with Gasteiger partial charge in [0.25, 0.3) is 0 Å². The third-order valence-electron chi connectivity index (χ3n) is 7.12. The summed E-state index contributed by atoms with van der Waals surface area (Å²) in [5, 5.41) is 0.752. The van der Waals surface area contributed by atoms with Crippen LogP contribution in [0.1, 0.15) is 32.3 Å². The molecule has 4 aromatic rings.